The molecule has 0 bridgehead atoms. The van der Waals surface area contributed by atoms with E-state index in [1.807, 2.05) is 13.0 Å². The minimum absolute atomic E-state index is 0.0143. The molecule has 148 valence electrons. The number of aromatic nitrogens is 2. The van der Waals surface area contributed by atoms with Gasteiger partial charge in [-0.1, -0.05) is 17.7 Å². The monoisotopic (exact) mass is 403 g/mol. The molecule has 0 radical (unpaired) electrons. The Morgan fingerprint density at radius 3 is 2.57 bits per heavy atom. The number of aryl methyl sites for hydroxylation is 1. The third kappa shape index (κ3) is 6.17. The maximum absolute atomic E-state index is 11.5. The Morgan fingerprint density at radius 1 is 1.29 bits per heavy atom. The van der Waals surface area contributed by atoms with Gasteiger partial charge in [-0.25, -0.2) is 4.98 Å². The van der Waals surface area contributed by atoms with Gasteiger partial charge in [-0.05, 0) is 37.1 Å². The van der Waals surface area contributed by atoms with Crippen LogP contribution in [-0.2, 0) is 4.79 Å². The lowest BCUT2D eigenvalue weighted by atomic mass is 10.2. The summed E-state index contributed by atoms with van der Waals surface area (Å²) in [6, 6.07) is 6.29. The number of nitrogens with two attached hydrogens (primary N) is 2. The molecule has 0 unspecified atom stereocenters. The average Bonchev–Trinajstić information content (AvgIpc) is 3.07. The first-order chi connectivity index (χ1) is 13.3. The van der Waals surface area contributed by atoms with Crippen LogP contribution >= 0.6 is 11.6 Å². The van der Waals surface area contributed by atoms with Crippen LogP contribution in [0.1, 0.15) is 24.0 Å². The van der Waals surface area contributed by atoms with Crippen molar-refractivity contribution in [1.29, 1.82) is 0 Å². The summed E-state index contributed by atoms with van der Waals surface area (Å²) >= 11 is 5.50. The topological polar surface area (TPSA) is 138 Å². The zero-order valence-corrected chi connectivity index (χ0v) is 16.1. The molecule has 1 amide bonds. The van der Waals surface area contributed by atoms with Gasteiger partial charge in [0.15, 0.2) is 5.88 Å². The van der Waals surface area contributed by atoms with Crippen LogP contribution < -0.4 is 17.0 Å². The fraction of sp³-hybridized carbons (Fsp3) is 0.211. The molecule has 0 atom stereocenters. The maximum atomic E-state index is 11.5. The number of aromatic amines is 1. The van der Waals surface area contributed by atoms with Gasteiger partial charge in [-0.15, -0.1) is 0 Å². The molecule has 0 spiro atoms. The molecule has 2 aromatic heterocycles. The first-order valence-corrected chi connectivity index (χ1v) is 8.89. The third-order valence-electron chi connectivity index (χ3n) is 3.86. The van der Waals surface area contributed by atoms with Crippen molar-refractivity contribution in [3.8, 4) is 5.88 Å². The smallest absolute Gasteiger partial charge is 0.251 e. The summed E-state index contributed by atoms with van der Waals surface area (Å²) in [5.41, 5.74) is 12.9. The first-order valence-electron chi connectivity index (χ1n) is 8.51. The number of carbonyl (C=O) groups is 1. The second-order valence-corrected chi connectivity index (χ2v) is 6.53. The highest BCUT2D eigenvalue weighted by Gasteiger charge is 2.21. The quantitative estimate of drug-likeness (QED) is 0.455. The van der Waals surface area contributed by atoms with Crippen molar-refractivity contribution in [2.75, 3.05) is 6.54 Å². The Hall–Kier alpha value is -3.26. The Balaban J connectivity index is 0.000000292. The van der Waals surface area contributed by atoms with E-state index in [9.17, 15) is 14.7 Å². The lowest BCUT2D eigenvalue weighted by molar-refractivity contribution is -0.126. The molecule has 0 saturated carbocycles. The molecule has 28 heavy (non-hydrogen) atoms. The average molecular weight is 404 g/mol. The molecule has 1 saturated heterocycles. The van der Waals surface area contributed by atoms with E-state index in [4.69, 9.17) is 23.1 Å². The van der Waals surface area contributed by atoms with Crippen LogP contribution in [-0.4, -0.2) is 32.4 Å². The third-order valence-corrected chi connectivity index (χ3v) is 4.08. The van der Waals surface area contributed by atoms with Gasteiger partial charge in [0.1, 0.15) is 11.0 Å². The molecule has 1 fully saturated rings. The Kier molecular flexibility index (Phi) is 7.22. The Labute approximate surface area is 167 Å². The van der Waals surface area contributed by atoms with Crippen molar-refractivity contribution in [3.05, 3.63) is 75.1 Å². The minimum atomic E-state index is -0.456. The fourth-order valence-electron chi connectivity index (χ4n) is 2.43. The fourth-order valence-corrected chi connectivity index (χ4v) is 2.54. The number of halogens is 1. The number of H-pyrrole nitrogens is 1. The van der Waals surface area contributed by atoms with Crippen molar-refractivity contribution in [2.45, 2.75) is 19.8 Å². The number of likely N-dealkylation sites (tertiary alicyclic amines) is 1. The zero-order chi connectivity index (χ0) is 20.7. The van der Waals surface area contributed by atoms with Gasteiger partial charge < -0.3 is 16.6 Å². The van der Waals surface area contributed by atoms with Crippen molar-refractivity contribution >= 4 is 23.2 Å². The summed E-state index contributed by atoms with van der Waals surface area (Å²) in [5, 5.41) is 9.85. The van der Waals surface area contributed by atoms with Gasteiger partial charge in [0, 0.05) is 42.6 Å². The van der Waals surface area contributed by atoms with Crippen molar-refractivity contribution in [3.63, 3.8) is 0 Å². The summed E-state index contributed by atoms with van der Waals surface area (Å²) in [6.07, 6.45) is 6.03. The standard InChI is InChI=1S/C13H16N4O3.C6H6ClN/c14-9(8-6-11(18)16-12(19)7-8)3-4-10(15)17-5-1-2-13(17)20;1-5-2-3-6(7)8-4-5/h3-4,6-7H,1-2,5,14-15H2,(H2,16,18,19);2-4H,1H3/b9-3-,10-4+;. The van der Waals surface area contributed by atoms with Gasteiger partial charge in [0.05, 0.1) is 0 Å². The number of hydrogen-bond donors (Lipinski definition) is 4. The number of hydrogen-bond acceptors (Lipinski definition) is 6. The molecule has 0 aliphatic carbocycles. The van der Waals surface area contributed by atoms with Gasteiger partial charge >= 0.3 is 0 Å². The molecular formula is C19H22ClN5O3. The van der Waals surface area contributed by atoms with E-state index < -0.39 is 5.56 Å². The number of pyridine rings is 2. The van der Waals surface area contributed by atoms with Crippen LogP contribution in [0.5, 0.6) is 5.88 Å². The van der Waals surface area contributed by atoms with Crippen LogP contribution in [0.4, 0.5) is 0 Å². The molecule has 3 rings (SSSR count). The Morgan fingerprint density at radius 2 is 2.04 bits per heavy atom. The summed E-state index contributed by atoms with van der Waals surface area (Å²) in [7, 11) is 0. The normalized spacial score (nSPS) is 14.6. The highest BCUT2D eigenvalue weighted by atomic mass is 35.5. The van der Waals surface area contributed by atoms with E-state index >= 15 is 0 Å². The first kappa shape index (κ1) is 21.0. The lowest BCUT2D eigenvalue weighted by Gasteiger charge is -2.14. The van der Waals surface area contributed by atoms with E-state index in [0.717, 1.165) is 12.0 Å². The van der Waals surface area contributed by atoms with E-state index in [-0.39, 0.29) is 17.5 Å². The minimum Gasteiger partial charge on any atom is -0.494 e. The highest BCUT2D eigenvalue weighted by molar-refractivity contribution is 6.29. The molecule has 0 aromatic carbocycles. The van der Waals surface area contributed by atoms with Crippen LogP contribution in [0.15, 0.2) is 53.2 Å². The highest BCUT2D eigenvalue weighted by Crippen LogP contribution is 2.15. The second-order valence-electron chi connectivity index (χ2n) is 6.14. The number of carbonyl (C=O) groups excluding carboxylic acids is 1. The van der Waals surface area contributed by atoms with Crippen LogP contribution in [0.3, 0.4) is 0 Å². The molecule has 9 heteroatoms. The largest absolute Gasteiger partial charge is 0.494 e. The molecule has 6 N–H and O–H groups in total. The van der Waals surface area contributed by atoms with Crippen molar-refractivity contribution < 1.29 is 9.90 Å². The summed E-state index contributed by atoms with van der Waals surface area (Å²) in [4.78, 5) is 30.2. The van der Waals surface area contributed by atoms with E-state index in [1.165, 1.54) is 29.2 Å². The van der Waals surface area contributed by atoms with Crippen LogP contribution in [0, 0.1) is 6.92 Å². The van der Waals surface area contributed by atoms with Gasteiger partial charge in [0.2, 0.25) is 5.91 Å². The summed E-state index contributed by atoms with van der Waals surface area (Å²) in [5.74, 6) is 0.0274. The SMILES string of the molecule is Cc1ccc(Cl)nc1.N/C(=C\C=C(/N)N1CCCC1=O)c1cc(O)[nH]c(=O)c1. The molecule has 8 nitrogen and oxygen atoms in total. The molecular weight excluding hydrogens is 382 g/mol. The zero-order valence-electron chi connectivity index (χ0n) is 15.4. The predicted molar refractivity (Wildman–Crippen MR) is 108 cm³/mol. The van der Waals surface area contributed by atoms with Gasteiger partial charge in [-0.3, -0.25) is 19.5 Å². The predicted octanol–water partition coefficient (Wildman–Crippen LogP) is 1.85. The number of aromatic hydroxyl groups is 1. The lowest BCUT2D eigenvalue weighted by Crippen LogP contribution is -2.28. The van der Waals surface area contributed by atoms with Crippen molar-refractivity contribution in [1.82, 2.24) is 14.9 Å². The number of nitrogens with one attached hydrogen (secondary N) is 1. The van der Waals surface area contributed by atoms with E-state index in [2.05, 4.69) is 9.97 Å². The molecule has 1 aliphatic rings. The van der Waals surface area contributed by atoms with Crippen LogP contribution in [0.25, 0.3) is 5.70 Å². The maximum Gasteiger partial charge on any atom is 0.251 e. The molecule has 1 aliphatic heterocycles. The van der Waals surface area contributed by atoms with Crippen molar-refractivity contribution in [2.24, 2.45) is 11.5 Å². The molecule has 2 aromatic rings. The van der Waals surface area contributed by atoms with E-state index in [1.54, 1.807) is 12.3 Å². The Bertz CT molecular complexity index is 930. The second kappa shape index (κ2) is 9.61. The number of amides is 1. The van der Waals surface area contributed by atoms with Crippen LogP contribution in [0.2, 0.25) is 5.15 Å². The van der Waals surface area contributed by atoms with E-state index in [0.29, 0.717) is 29.5 Å². The van der Waals surface area contributed by atoms with Gasteiger partial charge in [0.25, 0.3) is 5.56 Å². The molecule has 3 heterocycles. The number of nitrogens with zero attached hydrogens (tertiary/aromatic N) is 2. The summed E-state index contributed by atoms with van der Waals surface area (Å²) in [6.45, 7) is 2.57. The van der Waals surface area contributed by atoms with Gasteiger partial charge in [-0.2, -0.15) is 0 Å². The number of allylic oxidation sites excluding steroid dienone is 2. The summed E-state index contributed by atoms with van der Waals surface area (Å²) < 4.78 is 0. The number of rotatable bonds is 3.